The summed E-state index contributed by atoms with van der Waals surface area (Å²) < 4.78 is 55.5. The third kappa shape index (κ3) is 7.05. The minimum Gasteiger partial charge on any atom is -0.324 e. The van der Waals surface area contributed by atoms with Crippen molar-refractivity contribution in [3.05, 3.63) is 100 Å². The second-order valence-electron chi connectivity index (χ2n) is 10.2. The molecule has 1 fully saturated rings. The van der Waals surface area contributed by atoms with Crippen molar-refractivity contribution in [3.8, 4) is 0 Å². The Balaban J connectivity index is 1.58. The van der Waals surface area contributed by atoms with Crippen LogP contribution in [0, 0.1) is 11.6 Å². The Bertz CT molecular complexity index is 1430. The first-order valence-corrected chi connectivity index (χ1v) is 15.2. The van der Waals surface area contributed by atoms with E-state index in [4.69, 9.17) is 17.3 Å². The maximum atomic E-state index is 15.1. The summed E-state index contributed by atoms with van der Waals surface area (Å²) in [4.78, 5) is 13.5. The van der Waals surface area contributed by atoms with Crippen LogP contribution in [0.1, 0.15) is 36.0 Å². The van der Waals surface area contributed by atoms with Crippen molar-refractivity contribution in [2.75, 3.05) is 24.7 Å². The molecule has 0 spiro atoms. The molecule has 0 saturated carbocycles. The Hall–Kier alpha value is -2.89. The number of rotatable bonds is 9. The van der Waals surface area contributed by atoms with Crippen molar-refractivity contribution in [1.29, 1.82) is 0 Å². The molecule has 1 amide bonds. The molecule has 3 aromatic rings. The summed E-state index contributed by atoms with van der Waals surface area (Å²) >= 11 is 6.20. The molecule has 4 rings (SSSR count). The molecule has 4 N–H and O–H groups in total. The molecule has 0 aliphatic carbocycles. The van der Waals surface area contributed by atoms with E-state index >= 15 is 4.39 Å². The van der Waals surface area contributed by atoms with Gasteiger partial charge in [0.05, 0.1) is 12.3 Å². The molecule has 0 unspecified atom stereocenters. The second kappa shape index (κ2) is 12.7. The van der Waals surface area contributed by atoms with Crippen LogP contribution in [-0.4, -0.2) is 56.1 Å². The van der Waals surface area contributed by atoms with Crippen molar-refractivity contribution in [2.24, 2.45) is 5.73 Å². The molecule has 1 heterocycles. The van der Waals surface area contributed by atoms with E-state index in [0.29, 0.717) is 35.7 Å². The quantitative estimate of drug-likeness (QED) is 0.345. The lowest BCUT2D eigenvalue weighted by atomic mass is 9.85. The van der Waals surface area contributed by atoms with Crippen molar-refractivity contribution >= 4 is 33.2 Å². The molecule has 0 radical (unpaired) electrons. The van der Waals surface area contributed by atoms with Gasteiger partial charge in [0.25, 0.3) is 0 Å². The van der Waals surface area contributed by atoms with E-state index in [1.165, 1.54) is 40.9 Å². The molecular weight excluding hydrogens is 558 g/mol. The zero-order valence-corrected chi connectivity index (χ0v) is 23.9. The third-order valence-corrected chi connectivity index (χ3v) is 8.84. The fourth-order valence-electron chi connectivity index (χ4n) is 5.44. The summed E-state index contributed by atoms with van der Waals surface area (Å²) in [6, 6.07) is 15.3. The number of benzene rings is 3. The molecule has 214 valence electrons. The van der Waals surface area contributed by atoms with Crippen LogP contribution in [0.3, 0.4) is 0 Å². The normalized spacial score (nSPS) is 19.6. The smallest absolute Gasteiger partial charge is 0.242 e. The van der Waals surface area contributed by atoms with Gasteiger partial charge >= 0.3 is 0 Å². The molecule has 7 nitrogen and oxygen atoms in total. The Labute approximate surface area is 238 Å². The number of piperazine rings is 1. The van der Waals surface area contributed by atoms with Crippen LogP contribution in [0.5, 0.6) is 0 Å². The number of hydrogen-bond acceptors (Lipinski definition) is 5. The summed E-state index contributed by atoms with van der Waals surface area (Å²) in [5, 5.41) is 6.43. The highest BCUT2D eigenvalue weighted by atomic mass is 35.5. The first-order chi connectivity index (χ1) is 19.0. The maximum absolute atomic E-state index is 15.1. The fourth-order valence-corrected chi connectivity index (χ4v) is 7.09. The van der Waals surface area contributed by atoms with Crippen molar-refractivity contribution in [2.45, 2.75) is 43.8 Å². The first-order valence-electron chi connectivity index (χ1n) is 13.0. The van der Waals surface area contributed by atoms with Gasteiger partial charge in [-0.1, -0.05) is 41.9 Å². The van der Waals surface area contributed by atoms with Crippen molar-refractivity contribution in [3.63, 3.8) is 0 Å². The van der Waals surface area contributed by atoms with E-state index in [1.807, 2.05) is 6.92 Å². The van der Waals surface area contributed by atoms with E-state index < -0.39 is 39.5 Å². The third-order valence-electron chi connectivity index (χ3n) is 7.18. The Morgan fingerprint density at radius 1 is 1.10 bits per heavy atom. The predicted molar refractivity (Wildman–Crippen MR) is 154 cm³/mol. The number of carbonyl (C=O) groups is 1. The lowest BCUT2D eigenvalue weighted by molar-refractivity contribution is -0.117. The SMILES string of the molecule is C[C@@H]1CNC[C@H](CCc2c(F)cccc2NC(=O)[C@@H](N)[C@H](c2cccc(F)c2)c2cccc(Cl)c2)N1S(C)(=O)=O. The van der Waals surface area contributed by atoms with Gasteiger partial charge in [0, 0.05) is 47.4 Å². The van der Waals surface area contributed by atoms with Crippen LogP contribution < -0.4 is 16.4 Å². The summed E-state index contributed by atoms with van der Waals surface area (Å²) in [7, 11) is -3.47. The van der Waals surface area contributed by atoms with E-state index in [0.717, 1.165) is 0 Å². The van der Waals surface area contributed by atoms with Gasteiger partial charge in [-0.3, -0.25) is 4.79 Å². The second-order valence-corrected chi connectivity index (χ2v) is 12.5. The Morgan fingerprint density at radius 3 is 2.45 bits per heavy atom. The summed E-state index contributed by atoms with van der Waals surface area (Å²) in [6.07, 6.45) is 1.70. The number of amides is 1. The number of carbonyl (C=O) groups excluding carboxylic acids is 1. The van der Waals surface area contributed by atoms with Crippen LogP contribution in [0.15, 0.2) is 66.7 Å². The van der Waals surface area contributed by atoms with Gasteiger partial charge < -0.3 is 16.4 Å². The number of nitrogens with zero attached hydrogens (tertiary/aromatic N) is 1. The van der Waals surface area contributed by atoms with Crippen LogP contribution in [0.25, 0.3) is 0 Å². The number of nitrogens with two attached hydrogens (primary N) is 1. The van der Waals surface area contributed by atoms with E-state index in [9.17, 15) is 17.6 Å². The van der Waals surface area contributed by atoms with E-state index in [1.54, 1.807) is 36.4 Å². The minimum atomic E-state index is -3.47. The lowest BCUT2D eigenvalue weighted by Gasteiger charge is -2.39. The first kappa shape index (κ1) is 30.1. The monoisotopic (exact) mass is 590 g/mol. The van der Waals surface area contributed by atoms with E-state index in [2.05, 4.69) is 10.6 Å². The van der Waals surface area contributed by atoms with Gasteiger partial charge in [-0.05, 0) is 67.3 Å². The zero-order chi connectivity index (χ0) is 29.0. The number of halogens is 3. The molecule has 4 atom stereocenters. The highest BCUT2D eigenvalue weighted by Crippen LogP contribution is 2.31. The lowest BCUT2D eigenvalue weighted by Crippen LogP contribution is -2.58. The Morgan fingerprint density at radius 2 is 1.77 bits per heavy atom. The summed E-state index contributed by atoms with van der Waals surface area (Å²) in [5.41, 5.74) is 8.09. The predicted octanol–water partition coefficient (Wildman–Crippen LogP) is 4.27. The molecule has 40 heavy (non-hydrogen) atoms. The molecule has 1 aliphatic rings. The van der Waals surface area contributed by atoms with Crippen molar-refractivity contribution < 1.29 is 22.0 Å². The minimum absolute atomic E-state index is 0.185. The number of nitrogens with one attached hydrogen (secondary N) is 2. The summed E-state index contributed by atoms with van der Waals surface area (Å²) in [6.45, 7) is 2.79. The van der Waals surface area contributed by atoms with Gasteiger partial charge in [0.2, 0.25) is 15.9 Å². The molecule has 0 aromatic heterocycles. The highest BCUT2D eigenvalue weighted by molar-refractivity contribution is 7.88. The topological polar surface area (TPSA) is 105 Å². The zero-order valence-electron chi connectivity index (χ0n) is 22.3. The van der Waals surface area contributed by atoms with E-state index in [-0.39, 0.29) is 29.8 Å². The standard InChI is InChI=1S/C29H33ClF2N4O3S/c1-18-16-34-17-23(36(18)40(2,38)39)12-13-24-25(32)10-5-11-26(24)35-29(37)28(33)27(19-6-3-8-21(30)14-19)20-7-4-9-22(31)15-20/h3-11,14-15,18,23,27-28,34H,12-13,16-17,33H2,1-2H3,(H,35,37)/t18-,23+,27+,28+/m1/s1. The number of hydrogen-bond donors (Lipinski definition) is 3. The molecule has 1 saturated heterocycles. The molecule has 11 heteroatoms. The van der Waals surface area contributed by atoms with Crippen molar-refractivity contribution in [1.82, 2.24) is 9.62 Å². The number of sulfonamides is 1. The van der Waals surface area contributed by atoms with Gasteiger partial charge in [-0.15, -0.1) is 0 Å². The largest absolute Gasteiger partial charge is 0.324 e. The molecular formula is C29H33ClF2N4O3S. The molecule has 0 bridgehead atoms. The summed E-state index contributed by atoms with van der Waals surface area (Å²) in [5.74, 6) is -2.32. The van der Waals surface area contributed by atoms with Crippen LogP contribution in [0.4, 0.5) is 14.5 Å². The maximum Gasteiger partial charge on any atom is 0.242 e. The fraction of sp³-hybridized carbons (Fsp3) is 0.345. The average Bonchev–Trinajstić information content (AvgIpc) is 2.88. The number of anilines is 1. The van der Waals surface area contributed by atoms with Gasteiger partial charge in [0.15, 0.2) is 0 Å². The van der Waals surface area contributed by atoms with Gasteiger partial charge in [0.1, 0.15) is 11.6 Å². The Kier molecular flexibility index (Phi) is 9.58. The molecule has 3 aromatic carbocycles. The van der Waals surface area contributed by atoms with Crippen LogP contribution in [0.2, 0.25) is 5.02 Å². The average molecular weight is 591 g/mol. The van der Waals surface area contributed by atoms with Crippen LogP contribution in [-0.2, 0) is 21.2 Å². The van der Waals surface area contributed by atoms with Gasteiger partial charge in [-0.2, -0.15) is 4.31 Å². The molecule has 1 aliphatic heterocycles. The van der Waals surface area contributed by atoms with Gasteiger partial charge in [-0.25, -0.2) is 17.2 Å². The highest BCUT2D eigenvalue weighted by Gasteiger charge is 2.34. The van der Waals surface area contributed by atoms with Crippen LogP contribution >= 0.6 is 11.6 Å².